The number of hydrogen-bond donors (Lipinski definition) is 2. The number of rotatable bonds is 4. The van der Waals surface area contributed by atoms with Crippen molar-refractivity contribution in [3.05, 3.63) is 41.7 Å². The highest BCUT2D eigenvalue weighted by atomic mass is 19.1. The van der Waals surface area contributed by atoms with E-state index < -0.39 is 0 Å². The molecule has 0 aliphatic rings. The molecule has 0 saturated carbocycles. The second-order valence-electron chi connectivity index (χ2n) is 2.93. The molecule has 0 atom stereocenters. The number of halogens is 1. The lowest BCUT2D eigenvalue weighted by Gasteiger charge is -1.98. The van der Waals surface area contributed by atoms with Crippen molar-refractivity contribution >= 4 is 12.0 Å². The maximum absolute atomic E-state index is 13.1. The van der Waals surface area contributed by atoms with Gasteiger partial charge in [0.15, 0.2) is 0 Å². The number of benzene rings is 1. The lowest BCUT2D eigenvalue weighted by atomic mass is 10.2. The molecule has 0 aliphatic carbocycles. The van der Waals surface area contributed by atoms with Crippen molar-refractivity contribution in [3.8, 4) is 0 Å². The molecular formula is C11H13FN2O. The third kappa shape index (κ3) is 3.91. The van der Waals surface area contributed by atoms with Crippen molar-refractivity contribution in [2.45, 2.75) is 0 Å². The van der Waals surface area contributed by atoms with Crippen molar-refractivity contribution in [2.75, 3.05) is 13.1 Å². The van der Waals surface area contributed by atoms with Gasteiger partial charge in [0, 0.05) is 24.7 Å². The molecule has 0 unspecified atom stereocenters. The van der Waals surface area contributed by atoms with E-state index in [2.05, 4.69) is 5.32 Å². The summed E-state index contributed by atoms with van der Waals surface area (Å²) < 4.78 is 13.1. The van der Waals surface area contributed by atoms with Crippen molar-refractivity contribution < 1.29 is 9.18 Å². The van der Waals surface area contributed by atoms with E-state index in [0.29, 0.717) is 18.7 Å². The summed E-state index contributed by atoms with van der Waals surface area (Å²) in [4.78, 5) is 11.1. The smallest absolute Gasteiger partial charge is 0.244 e. The summed E-state index contributed by atoms with van der Waals surface area (Å²) >= 11 is 0. The van der Waals surface area contributed by atoms with Gasteiger partial charge in [0.1, 0.15) is 5.82 Å². The lowest BCUT2D eigenvalue weighted by molar-refractivity contribution is -0.116. The van der Waals surface area contributed by atoms with Gasteiger partial charge >= 0.3 is 0 Å². The molecule has 80 valence electrons. The van der Waals surface area contributed by atoms with Gasteiger partial charge in [0.05, 0.1) is 0 Å². The molecule has 0 heterocycles. The number of carbonyl (C=O) groups excluding carboxylic acids is 1. The Labute approximate surface area is 87.8 Å². The predicted molar refractivity (Wildman–Crippen MR) is 57.5 cm³/mol. The average molecular weight is 208 g/mol. The van der Waals surface area contributed by atoms with Crippen molar-refractivity contribution in [1.82, 2.24) is 5.32 Å². The summed E-state index contributed by atoms with van der Waals surface area (Å²) in [5.41, 5.74) is 5.60. The van der Waals surface area contributed by atoms with Gasteiger partial charge in [0.2, 0.25) is 5.91 Å². The molecule has 1 rings (SSSR count). The van der Waals surface area contributed by atoms with E-state index in [4.69, 9.17) is 5.73 Å². The van der Waals surface area contributed by atoms with Gasteiger partial charge in [-0.2, -0.15) is 0 Å². The minimum Gasteiger partial charge on any atom is -0.351 e. The van der Waals surface area contributed by atoms with Crippen LogP contribution in [0.4, 0.5) is 4.39 Å². The van der Waals surface area contributed by atoms with Crippen LogP contribution in [0.2, 0.25) is 0 Å². The molecule has 0 bridgehead atoms. The molecule has 15 heavy (non-hydrogen) atoms. The van der Waals surface area contributed by atoms with Crippen LogP contribution in [0.1, 0.15) is 5.56 Å². The summed E-state index contributed by atoms with van der Waals surface area (Å²) in [7, 11) is 0. The first-order chi connectivity index (χ1) is 7.24. The average Bonchev–Trinajstić information content (AvgIpc) is 2.25. The standard InChI is InChI=1S/C11H13FN2O/c12-10-4-2-1-3-9(10)5-6-11(15)14-8-7-13/h1-6H,7-8,13H2,(H,14,15)/b6-5+. The summed E-state index contributed by atoms with van der Waals surface area (Å²) in [5.74, 6) is -0.621. The molecular weight excluding hydrogens is 195 g/mol. The zero-order valence-electron chi connectivity index (χ0n) is 8.24. The van der Waals surface area contributed by atoms with Crippen molar-refractivity contribution in [1.29, 1.82) is 0 Å². The van der Waals surface area contributed by atoms with E-state index in [0.717, 1.165) is 0 Å². The number of nitrogens with one attached hydrogen (secondary N) is 1. The van der Waals surface area contributed by atoms with Gasteiger partial charge < -0.3 is 11.1 Å². The van der Waals surface area contributed by atoms with Crippen LogP contribution in [0, 0.1) is 5.82 Å². The normalized spacial score (nSPS) is 10.5. The Kier molecular flexibility index (Phi) is 4.50. The van der Waals surface area contributed by atoms with E-state index in [1.165, 1.54) is 18.2 Å². The Balaban J connectivity index is 2.58. The van der Waals surface area contributed by atoms with Crippen LogP contribution < -0.4 is 11.1 Å². The highest BCUT2D eigenvalue weighted by molar-refractivity contribution is 5.91. The highest BCUT2D eigenvalue weighted by Crippen LogP contribution is 2.07. The Bertz CT molecular complexity index is 363. The SMILES string of the molecule is NCCNC(=O)/C=C/c1ccccc1F. The highest BCUT2D eigenvalue weighted by Gasteiger charge is 1.97. The molecule has 0 saturated heterocycles. The van der Waals surface area contributed by atoms with E-state index in [-0.39, 0.29) is 11.7 Å². The summed E-state index contributed by atoms with van der Waals surface area (Å²) in [5, 5.41) is 2.55. The number of amides is 1. The number of nitrogens with two attached hydrogens (primary N) is 1. The fraction of sp³-hybridized carbons (Fsp3) is 0.182. The van der Waals surface area contributed by atoms with Crippen LogP contribution in [-0.4, -0.2) is 19.0 Å². The van der Waals surface area contributed by atoms with Crippen LogP contribution in [0.3, 0.4) is 0 Å². The van der Waals surface area contributed by atoms with Crippen molar-refractivity contribution in [3.63, 3.8) is 0 Å². The summed E-state index contributed by atoms with van der Waals surface area (Å²) in [6, 6.07) is 6.25. The van der Waals surface area contributed by atoms with E-state index in [1.54, 1.807) is 18.2 Å². The molecule has 4 heteroatoms. The van der Waals surface area contributed by atoms with E-state index in [9.17, 15) is 9.18 Å². The molecule has 1 aromatic carbocycles. The zero-order chi connectivity index (χ0) is 11.1. The topological polar surface area (TPSA) is 55.1 Å². The first-order valence-corrected chi connectivity index (χ1v) is 4.64. The third-order valence-corrected chi connectivity index (χ3v) is 1.76. The maximum atomic E-state index is 13.1. The monoisotopic (exact) mass is 208 g/mol. The minimum absolute atomic E-state index is 0.274. The molecule has 0 spiro atoms. The van der Waals surface area contributed by atoms with Crippen LogP contribution in [0.15, 0.2) is 30.3 Å². The van der Waals surface area contributed by atoms with Gasteiger partial charge in [-0.25, -0.2) is 4.39 Å². The van der Waals surface area contributed by atoms with Crippen LogP contribution in [-0.2, 0) is 4.79 Å². The third-order valence-electron chi connectivity index (χ3n) is 1.76. The van der Waals surface area contributed by atoms with Gasteiger partial charge in [-0.1, -0.05) is 18.2 Å². The lowest BCUT2D eigenvalue weighted by Crippen LogP contribution is -2.27. The molecule has 0 aromatic heterocycles. The predicted octanol–water partition coefficient (Wildman–Crippen LogP) is 0.914. The zero-order valence-corrected chi connectivity index (χ0v) is 8.24. The second kappa shape index (κ2) is 5.93. The molecule has 3 N–H and O–H groups in total. The van der Waals surface area contributed by atoms with Crippen LogP contribution >= 0.6 is 0 Å². The molecule has 3 nitrogen and oxygen atoms in total. The Hall–Kier alpha value is -1.68. The number of carbonyl (C=O) groups is 1. The van der Waals surface area contributed by atoms with Crippen molar-refractivity contribution in [2.24, 2.45) is 5.73 Å². The molecule has 1 aromatic rings. The van der Waals surface area contributed by atoms with Crippen LogP contribution in [0.5, 0.6) is 0 Å². The van der Waals surface area contributed by atoms with E-state index >= 15 is 0 Å². The molecule has 0 aliphatic heterocycles. The molecule has 0 radical (unpaired) electrons. The number of hydrogen-bond acceptors (Lipinski definition) is 2. The first kappa shape index (κ1) is 11.4. The van der Waals surface area contributed by atoms with Gasteiger partial charge in [-0.05, 0) is 12.1 Å². The molecule has 0 fully saturated rings. The van der Waals surface area contributed by atoms with Crippen LogP contribution in [0.25, 0.3) is 6.08 Å². The second-order valence-corrected chi connectivity index (χ2v) is 2.93. The van der Waals surface area contributed by atoms with Gasteiger partial charge in [-0.15, -0.1) is 0 Å². The fourth-order valence-corrected chi connectivity index (χ4v) is 1.03. The molecule has 1 amide bonds. The summed E-state index contributed by atoms with van der Waals surface area (Å²) in [6.07, 6.45) is 2.72. The minimum atomic E-state index is -0.347. The quantitative estimate of drug-likeness (QED) is 0.723. The van der Waals surface area contributed by atoms with E-state index in [1.807, 2.05) is 0 Å². The fourth-order valence-electron chi connectivity index (χ4n) is 1.03. The van der Waals surface area contributed by atoms with Gasteiger partial charge in [-0.3, -0.25) is 4.79 Å². The first-order valence-electron chi connectivity index (χ1n) is 4.64. The maximum Gasteiger partial charge on any atom is 0.244 e. The Morgan fingerprint density at radius 2 is 2.20 bits per heavy atom. The largest absolute Gasteiger partial charge is 0.351 e. The Morgan fingerprint density at radius 1 is 1.47 bits per heavy atom. The van der Waals surface area contributed by atoms with Gasteiger partial charge in [0.25, 0.3) is 0 Å². The Morgan fingerprint density at radius 3 is 2.87 bits per heavy atom. The summed E-state index contributed by atoms with van der Waals surface area (Å²) in [6.45, 7) is 0.805.